The summed E-state index contributed by atoms with van der Waals surface area (Å²) in [5.74, 6) is 1.58. The third-order valence-electron chi connectivity index (χ3n) is 2.82. The first-order chi connectivity index (χ1) is 9.68. The third-order valence-corrected chi connectivity index (χ3v) is 3.93. The summed E-state index contributed by atoms with van der Waals surface area (Å²) in [7, 11) is 0. The van der Waals surface area contributed by atoms with Crippen LogP contribution in [0.2, 0.25) is 15.2 Å². The molecule has 0 unspecified atom stereocenters. The summed E-state index contributed by atoms with van der Waals surface area (Å²) in [4.78, 5) is 8.76. The maximum atomic E-state index is 6.17. The summed E-state index contributed by atoms with van der Waals surface area (Å²) in [5.41, 5.74) is 0.448. The molecule has 112 valence electrons. The number of hydrogen-bond donors (Lipinski definition) is 0. The molecule has 2 rings (SSSR count). The zero-order valence-electron chi connectivity index (χ0n) is 12.2. The minimum atomic E-state index is -0.229. The van der Waals surface area contributed by atoms with Crippen LogP contribution in [-0.4, -0.2) is 9.97 Å². The highest BCUT2D eigenvalue weighted by molar-refractivity contribution is 6.42. The summed E-state index contributed by atoms with van der Waals surface area (Å²) in [6, 6.07) is 5.03. The SMILES string of the molecule is Cc1c(Cl)nc(C(C)(C)C)nc1Oc1ccc(Cl)c(Cl)c1. The molecule has 0 N–H and O–H groups in total. The molecule has 1 aromatic heterocycles. The first-order valence-corrected chi connectivity index (χ1v) is 7.49. The second-order valence-electron chi connectivity index (χ2n) is 5.70. The summed E-state index contributed by atoms with van der Waals surface area (Å²) >= 11 is 18.0. The van der Waals surface area contributed by atoms with Gasteiger partial charge in [0.15, 0.2) is 0 Å². The standard InChI is InChI=1S/C15H15Cl3N2O/c1-8-12(18)19-14(15(2,3)4)20-13(8)21-9-5-6-10(16)11(17)7-9/h5-7H,1-4H3. The first-order valence-electron chi connectivity index (χ1n) is 6.36. The quantitative estimate of drug-likeness (QED) is 0.642. The minimum absolute atomic E-state index is 0.229. The molecule has 0 spiro atoms. The van der Waals surface area contributed by atoms with E-state index in [0.29, 0.717) is 38.2 Å². The van der Waals surface area contributed by atoms with Gasteiger partial charge in [-0.05, 0) is 19.1 Å². The molecule has 6 heteroatoms. The van der Waals surface area contributed by atoms with E-state index in [4.69, 9.17) is 39.5 Å². The molecule has 0 aliphatic heterocycles. The highest BCUT2D eigenvalue weighted by atomic mass is 35.5. The lowest BCUT2D eigenvalue weighted by Gasteiger charge is -2.19. The van der Waals surface area contributed by atoms with E-state index >= 15 is 0 Å². The molecule has 3 nitrogen and oxygen atoms in total. The van der Waals surface area contributed by atoms with Gasteiger partial charge in [0.2, 0.25) is 5.88 Å². The summed E-state index contributed by atoms with van der Waals surface area (Å²) in [6.07, 6.45) is 0. The van der Waals surface area contributed by atoms with Crippen LogP contribution in [0.25, 0.3) is 0 Å². The van der Waals surface area contributed by atoms with E-state index in [0.717, 1.165) is 0 Å². The molecule has 0 saturated carbocycles. The van der Waals surface area contributed by atoms with Crippen molar-refractivity contribution in [3.05, 3.63) is 44.8 Å². The van der Waals surface area contributed by atoms with Crippen LogP contribution in [0.5, 0.6) is 11.6 Å². The van der Waals surface area contributed by atoms with Gasteiger partial charge in [0.1, 0.15) is 16.7 Å². The van der Waals surface area contributed by atoms with Crippen LogP contribution in [0.15, 0.2) is 18.2 Å². The Morgan fingerprint density at radius 2 is 1.67 bits per heavy atom. The van der Waals surface area contributed by atoms with Gasteiger partial charge in [0.25, 0.3) is 0 Å². The molecule has 0 saturated heterocycles. The number of nitrogens with zero attached hydrogens (tertiary/aromatic N) is 2. The molecule has 21 heavy (non-hydrogen) atoms. The number of halogens is 3. The average molecular weight is 346 g/mol. The van der Waals surface area contributed by atoms with Crippen LogP contribution in [0, 0.1) is 6.92 Å². The molecule has 1 heterocycles. The fourth-order valence-corrected chi connectivity index (χ4v) is 2.01. The normalized spacial score (nSPS) is 11.6. The van der Waals surface area contributed by atoms with E-state index in [2.05, 4.69) is 9.97 Å². The molecule has 2 aromatic rings. The third kappa shape index (κ3) is 3.79. The second kappa shape index (κ2) is 5.99. The van der Waals surface area contributed by atoms with Gasteiger partial charge < -0.3 is 4.74 Å². The summed E-state index contributed by atoms with van der Waals surface area (Å²) < 4.78 is 5.78. The molecule has 0 atom stereocenters. The van der Waals surface area contributed by atoms with Crippen molar-refractivity contribution in [1.29, 1.82) is 0 Å². The number of ether oxygens (including phenoxy) is 1. The Morgan fingerprint density at radius 3 is 2.24 bits per heavy atom. The Hall–Kier alpha value is -1.03. The monoisotopic (exact) mass is 344 g/mol. The number of hydrogen-bond acceptors (Lipinski definition) is 3. The highest BCUT2D eigenvalue weighted by Crippen LogP contribution is 2.33. The average Bonchev–Trinajstić information content (AvgIpc) is 2.38. The predicted molar refractivity (Wildman–Crippen MR) is 87.0 cm³/mol. The van der Waals surface area contributed by atoms with Gasteiger partial charge in [-0.15, -0.1) is 0 Å². The predicted octanol–water partition coefficient (Wildman–Crippen LogP) is 5.84. The van der Waals surface area contributed by atoms with Gasteiger partial charge in [0, 0.05) is 17.0 Å². The van der Waals surface area contributed by atoms with E-state index in [9.17, 15) is 0 Å². The van der Waals surface area contributed by atoms with Crippen molar-refractivity contribution in [2.24, 2.45) is 0 Å². The summed E-state index contributed by atoms with van der Waals surface area (Å²) in [6.45, 7) is 7.84. The maximum absolute atomic E-state index is 6.17. The fraction of sp³-hybridized carbons (Fsp3) is 0.333. The fourth-order valence-electron chi connectivity index (χ4n) is 1.56. The Kier molecular flexibility index (Phi) is 4.66. The zero-order valence-corrected chi connectivity index (χ0v) is 14.4. The smallest absolute Gasteiger partial charge is 0.227 e. The van der Waals surface area contributed by atoms with Crippen LogP contribution in [-0.2, 0) is 5.41 Å². The highest BCUT2D eigenvalue weighted by Gasteiger charge is 2.21. The molecule has 0 fully saturated rings. The Labute approximate surface area is 139 Å². The van der Waals surface area contributed by atoms with E-state index < -0.39 is 0 Å². The van der Waals surface area contributed by atoms with E-state index in [-0.39, 0.29) is 5.41 Å². The van der Waals surface area contributed by atoms with Crippen LogP contribution < -0.4 is 4.74 Å². The van der Waals surface area contributed by atoms with E-state index in [1.54, 1.807) is 18.2 Å². The van der Waals surface area contributed by atoms with Crippen molar-refractivity contribution in [3.8, 4) is 11.6 Å². The van der Waals surface area contributed by atoms with Crippen molar-refractivity contribution >= 4 is 34.8 Å². The van der Waals surface area contributed by atoms with Gasteiger partial charge in [0.05, 0.1) is 10.0 Å². The molecule has 1 aromatic carbocycles. The van der Waals surface area contributed by atoms with Gasteiger partial charge in [-0.1, -0.05) is 55.6 Å². The van der Waals surface area contributed by atoms with E-state index in [1.807, 2.05) is 27.7 Å². The number of benzene rings is 1. The molecule has 0 aliphatic rings. The van der Waals surface area contributed by atoms with Crippen molar-refractivity contribution in [3.63, 3.8) is 0 Å². The van der Waals surface area contributed by atoms with Crippen LogP contribution in [0.1, 0.15) is 32.2 Å². The molecule has 0 aliphatic carbocycles. The van der Waals surface area contributed by atoms with Gasteiger partial charge >= 0.3 is 0 Å². The van der Waals surface area contributed by atoms with Crippen LogP contribution >= 0.6 is 34.8 Å². The van der Waals surface area contributed by atoms with Crippen molar-refractivity contribution in [2.75, 3.05) is 0 Å². The lowest BCUT2D eigenvalue weighted by atomic mass is 9.96. The largest absolute Gasteiger partial charge is 0.439 e. The number of aromatic nitrogens is 2. The molecular weight excluding hydrogens is 331 g/mol. The zero-order chi connectivity index (χ0) is 15.8. The van der Waals surface area contributed by atoms with Crippen molar-refractivity contribution < 1.29 is 4.74 Å². The minimum Gasteiger partial charge on any atom is -0.439 e. The lowest BCUT2D eigenvalue weighted by Crippen LogP contribution is -2.17. The second-order valence-corrected chi connectivity index (χ2v) is 6.87. The molecule has 0 amide bonds. The lowest BCUT2D eigenvalue weighted by molar-refractivity contribution is 0.442. The Morgan fingerprint density at radius 1 is 1.00 bits per heavy atom. The number of rotatable bonds is 2. The molecular formula is C15H15Cl3N2O. The molecule has 0 bridgehead atoms. The summed E-state index contributed by atoms with van der Waals surface area (Å²) in [5, 5.41) is 1.27. The Bertz CT molecular complexity index is 681. The topological polar surface area (TPSA) is 35.0 Å². The van der Waals surface area contributed by atoms with Crippen molar-refractivity contribution in [2.45, 2.75) is 33.1 Å². The Balaban J connectivity index is 2.43. The molecule has 0 radical (unpaired) electrons. The van der Waals surface area contributed by atoms with Gasteiger partial charge in [-0.3, -0.25) is 0 Å². The maximum Gasteiger partial charge on any atom is 0.227 e. The van der Waals surface area contributed by atoms with E-state index in [1.165, 1.54) is 0 Å². The van der Waals surface area contributed by atoms with Crippen LogP contribution in [0.4, 0.5) is 0 Å². The van der Waals surface area contributed by atoms with Crippen molar-refractivity contribution in [1.82, 2.24) is 9.97 Å². The van der Waals surface area contributed by atoms with Crippen LogP contribution in [0.3, 0.4) is 0 Å². The van der Waals surface area contributed by atoms with Gasteiger partial charge in [-0.2, -0.15) is 4.98 Å². The first kappa shape index (κ1) is 16.3. The van der Waals surface area contributed by atoms with Gasteiger partial charge in [-0.25, -0.2) is 4.98 Å².